The molecule has 0 atom stereocenters. The van der Waals surface area contributed by atoms with Gasteiger partial charge in [-0.3, -0.25) is 9.59 Å². The lowest BCUT2D eigenvalue weighted by atomic mass is 9.91. The summed E-state index contributed by atoms with van der Waals surface area (Å²) < 4.78 is 6.99. The quantitative estimate of drug-likeness (QED) is 0.530. The van der Waals surface area contributed by atoms with E-state index in [1.165, 1.54) is 0 Å². The fraction of sp³-hybridized carbons (Fsp3) is 0.593. The van der Waals surface area contributed by atoms with Gasteiger partial charge in [0, 0.05) is 24.4 Å². The zero-order valence-corrected chi connectivity index (χ0v) is 22.4. The highest BCUT2D eigenvalue weighted by atomic mass is 16.5. The summed E-state index contributed by atoms with van der Waals surface area (Å²) in [6.45, 7) is 17.2. The van der Waals surface area contributed by atoms with Crippen LogP contribution >= 0.6 is 0 Å². The molecule has 0 aliphatic rings. The molecule has 0 saturated heterocycles. The van der Waals surface area contributed by atoms with Crippen LogP contribution in [0.1, 0.15) is 73.9 Å². The van der Waals surface area contributed by atoms with Crippen LogP contribution in [0, 0.1) is 11.3 Å². The van der Waals surface area contributed by atoms with Gasteiger partial charge < -0.3 is 15.0 Å². The van der Waals surface area contributed by atoms with Crippen molar-refractivity contribution in [3.8, 4) is 11.4 Å². The summed E-state index contributed by atoms with van der Waals surface area (Å²) in [4.78, 5) is 27.8. The lowest BCUT2D eigenvalue weighted by Crippen LogP contribution is -2.40. The van der Waals surface area contributed by atoms with Gasteiger partial charge in [0.2, 0.25) is 11.8 Å². The molecule has 2 rings (SSSR count). The van der Waals surface area contributed by atoms with Crippen molar-refractivity contribution in [1.82, 2.24) is 14.7 Å². The van der Waals surface area contributed by atoms with Crippen molar-refractivity contribution in [2.24, 2.45) is 11.3 Å². The molecule has 0 bridgehead atoms. The highest BCUT2D eigenvalue weighted by molar-refractivity contribution is 5.94. The van der Waals surface area contributed by atoms with Crippen molar-refractivity contribution >= 4 is 17.6 Å². The molecule has 7 heteroatoms. The van der Waals surface area contributed by atoms with Crippen LogP contribution in [0.4, 0.5) is 5.82 Å². The first-order valence-electron chi connectivity index (χ1n) is 12.0. The molecule has 1 heterocycles. The molecule has 7 nitrogen and oxygen atoms in total. The number of rotatable bonds is 9. The minimum Gasteiger partial charge on any atom is -0.497 e. The molecule has 0 saturated carbocycles. The molecule has 1 aromatic heterocycles. The third-order valence-corrected chi connectivity index (χ3v) is 5.41. The predicted octanol–water partition coefficient (Wildman–Crippen LogP) is 5.43. The molecule has 2 aromatic rings. The van der Waals surface area contributed by atoms with Gasteiger partial charge in [-0.2, -0.15) is 5.10 Å². The fourth-order valence-electron chi connectivity index (χ4n) is 3.38. The average molecular weight is 471 g/mol. The fourth-order valence-corrected chi connectivity index (χ4v) is 3.38. The first kappa shape index (κ1) is 27.4. The maximum Gasteiger partial charge on any atom is 0.245 e. The van der Waals surface area contributed by atoms with Crippen LogP contribution in [0.25, 0.3) is 5.69 Å². The van der Waals surface area contributed by atoms with Crippen molar-refractivity contribution in [2.75, 3.05) is 25.5 Å². The summed E-state index contributed by atoms with van der Waals surface area (Å²) in [5.74, 6) is 1.53. The normalized spacial score (nSPS) is 12.1. The van der Waals surface area contributed by atoms with Gasteiger partial charge in [0.15, 0.2) is 0 Å². The number of methoxy groups -OCH3 is 1. The molecule has 1 N–H and O–H groups in total. The van der Waals surface area contributed by atoms with E-state index in [0.29, 0.717) is 24.7 Å². The Kier molecular flexibility index (Phi) is 8.92. The first-order chi connectivity index (χ1) is 15.7. The molecule has 0 aliphatic heterocycles. The van der Waals surface area contributed by atoms with Crippen LogP contribution in [0.3, 0.4) is 0 Å². The van der Waals surface area contributed by atoms with E-state index in [0.717, 1.165) is 23.6 Å². The van der Waals surface area contributed by atoms with Crippen LogP contribution in [-0.2, 0) is 15.0 Å². The number of nitrogens with zero attached hydrogens (tertiary/aromatic N) is 3. The van der Waals surface area contributed by atoms with Crippen molar-refractivity contribution in [1.29, 1.82) is 0 Å². The van der Waals surface area contributed by atoms with Crippen molar-refractivity contribution in [3.63, 3.8) is 0 Å². The molecular formula is C27H42N4O3. The SMILES string of the molecule is COc1ccc(-n2nc(C(C)(C)C)cc2NC(=O)CN(CCC(C)C)C(=O)CC(C)(C)C)cc1. The molecule has 0 spiro atoms. The van der Waals surface area contributed by atoms with Crippen LogP contribution in [0.5, 0.6) is 5.75 Å². The summed E-state index contributed by atoms with van der Waals surface area (Å²) in [6.07, 6.45) is 1.25. The second kappa shape index (κ2) is 11.1. The van der Waals surface area contributed by atoms with E-state index in [9.17, 15) is 9.59 Å². The molecule has 34 heavy (non-hydrogen) atoms. The monoisotopic (exact) mass is 470 g/mol. The van der Waals surface area contributed by atoms with Gasteiger partial charge in [-0.1, -0.05) is 55.4 Å². The van der Waals surface area contributed by atoms with E-state index in [4.69, 9.17) is 9.84 Å². The van der Waals surface area contributed by atoms with Crippen LogP contribution in [0.2, 0.25) is 0 Å². The summed E-state index contributed by atoms with van der Waals surface area (Å²) in [7, 11) is 1.62. The Labute approximate surface area is 204 Å². The van der Waals surface area contributed by atoms with E-state index < -0.39 is 0 Å². The number of carbonyl (C=O) groups is 2. The van der Waals surface area contributed by atoms with E-state index in [1.54, 1.807) is 16.7 Å². The Bertz CT molecular complexity index is 963. The molecule has 1 aromatic carbocycles. The lowest BCUT2D eigenvalue weighted by Gasteiger charge is -2.27. The largest absolute Gasteiger partial charge is 0.497 e. The number of benzene rings is 1. The Hall–Kier alpha value is -2.83. The maximum atomic E-state index is 13.1. The van der Waals surface area contributed by atoms with Gasteiger partial charge in [-0.05, 0) is 42.0 Å². The standard InChI is InChI=1S/C27H42N4O3/c1-19(2)14-15-30(25(33)17-26(3,4)5)18-24(32)28-23-16-22(27(6,7)8)29-31(23)20-10-12-21(34-9)13-11-20/h10-13,16,19H,14-15,17-18H2,1-9H3,(H,28,32). The predicted molar refractivity (Wildman–Crippen MR) is 138 cm³/mol. The van der Waals surface area contributed by atoms with Crippen molar-refractivity contribution in [2.45, 2.75) is 73.6 Å². The van der Waals surface area contributed by atoms with E-state index in [-0.39, 0.29) is 29.2 Å². The van der Waals surface area contributed by atoms with Gasteiger partial charge >= 0.3 is 0 Å². The molecule has 2 amide bonds. The smallest absolute Gasteiger partial charge is 0.245 e. The van der Waals surface area contributed by atoms with Gasteiger partial charge in [-0.15, -0.1) is 0 Å². The summed E-state index contributed by atoms with van der Waals surface area (Å²) in [5, 5.41) is 7.77. The zero-order valence-electron chi connectivity index (χ0n) is 22.4. The molecule has 0 fully saturated rings. The van der Waals surface area contributed by atoms with Crippen molar-refractivity contribution < 1.29 is 14.3 Å². The van der Waals surface area contributed by atoms with Gasteiger partial charge in [0.05, 0.1) is 25.0 Å². The first-order valence-corrected chi connectivity index (χ1v) is 12.0. The van der Waals surface area contributed by atoms with Crippen LogP contribution in [0.15, 0.2) is 30.3 Å². The minimum atomic E-state index is -0.235. The highest BCUT2D eigenvalue weighted by Crippen LogP contribution is 2.27. The zero-order chi connectivity index (χ0) is 25.7. The van der Waals surface area contributed by atoms with E-state index >= 15 is 0 Å². The number of hydrogen-bond donors (Lipinski definition) is 1. The van der Waals surface area contributed by atoms with E-state index in [2.05, 4.69) is 39.9 Å². The average Bonchev–Trinajstić information content (AvgIpc) is 3.13. The number of aromatic nitrogens is 2. The molecular weight excluding hydrogens is 428 g/mol. The van der Waals surface area contributed by atoms with Crippen molar-refractivity contribution in [3.05, 3.63) is 36.0 Å². The third-order valence-electron chi connectivity index (χ3n) is 5.41. The number of nitrogens with one attached hydrogen (secondary N) is 1. The minimum absolute atomic E-state index is 0.00217. The Morgan fingerprint density at radius 3 is 2.21 bits per heavy atom. The van der Waals surface area contributed by atoms with Gasteiger partial charge in [0.25, 0.3) is 0 Å². The van der Waals surface area contributed by atoms with Gasteiger partial charge in [-0.25, -0.2) is 4.68 Å². The van der Waals surface area contributed by atoms with Crippen LogP contribution in [-0.4, -0.2) is 46.7 Å². The lowest BCUT2D eigenvalue weighted by molar-refractivity contribution is -0.136. The highest BCUT2D eigenvalue weighted by Gasteiger charge is 2.25. The Balaban J connectivity index is 2.29. The molecule has 0 unspecified atom stereocenters. The molecule has 0 radical (unpaired) electrons. The molecule has 0 aliphatic carbocycles. The van der Waals surface area contributed by atoms with E-state index in [1.807, 2.05) is 51.1 Å². The Morgan fingerprint density at radius 2 is 1.71 bits per heavy atom. The maximum absolute atomic E-state index is 13.1. The summed E-state index contributed by atoms with van der Waals surface area (Å²) >= 11 is 0. The summed E-state index contributed by atoms with van der Waals surface area (Å²) in [6, 6.07) is 9.42. The molecule has 188 valence electrons. The number of carbonyl (C=O) groups excluding carboxylic acids is 2. The number of ether oxygens (including phenoxy) is 1. The number of anilines is 1. The Morgan fingerprint density at radius 1 is 1.09 bits per heavy atom. The number of hydrogen-bond acceptors (Lipinski definition) is 4. The third kappa shape index (κ3) is 8.19. The van der Waals surface area contributed by atoms with Gasteiger partial charge in [0.1, 0.15) is 11.6 Å². The second-order valence-corrected chi connectivity index (χ2v) is 11.6. The second-order valence-electron chi connectivity index (χ2n) is 11.6. The van der Waals surface area contributed by atoms with Crippen LogP contribution < -0.4 is 10.1 Å². The number of amides is 2. The topological polar surface area (TPSA) is 76.5 Å². The summed E-state index contributed by atoms with van der Waals surface area (Å²) in [5.41, 5.74) is 1.34.